The van der Waals surface area contributed by atoms with Crippen LogP contribution in [0, 0.1) is 10.7 Å². The molecule has 0 saturated carbocycles. The minimum atomic E-state index is -1.18. The fraction of sp³-hybridized carbons (Fsp3) is 0.571. The molecule has 10 heteroatoms. The fourth-order valence-electron chi connectivity index (χ4n) is 2.44. The van der Waals surface area contributed by atoms with E-state index >= 15 is 0 Å². The topological polar surface area (TPSA) is 147 Å². The maximum atomic E-state index is 10.0. The van der Waals surface area contributed by atoms with Crippen molar-refractivity contribution in [2.75, 3.05) is 32.2 Å². The van der Waals surface area contributed by atoms with Crippen molar-refractivity contribution in [3.8, 4) is 0 Å². The van der Waals surface area contributed by atoms with Gasteiger partial charge in [0.25, 0.3) is 0 Å². The number of nitrogen functional groups attached to an aromatic ring is 1. The minimum Gasteiger partial charge on any atom is -0.397 e. The molecular formula is C14H20I3NO6. The Morgan fingerprint density at radius 3 is 1.25 bits per heavy atom. The maximum Gasteiger partial charge on any atom is 0.0862 e. The van der Waals surface area contributed by atoms with Crippen molar-refractivity contribution >= 4 is 73.5 Å². The van der Waals surface area contributed by atoms with Gasteiger partial charge in [-0.25, -0.2) is 0 Å². The predicted octanol–water partition coefficient (Wildman–Crippen LogP) is -0.0592. The van der Waals surface area contributed by atoms with Gasteiger partial charge in [0.1, 0.15) is 0 Å². The molecule has 4 atom stereocenters. The Morgan fingerprint density at radius 1 is 0.667 bits per heavy atom. The summed E-state index contributed by atoms with van der Waals surface area (Å²) in [6.07, 6.45) is -2.36. The molecule has 24 heavy (non-hydrogen) atoms. The fourth-order valence-corrected chi connectivity index (χ4v) is 7.21. The van der Waals surface area contributed by atoms with Crippen molar-refractivity contribution in [1.29, 1.82) is 0 Å². The van der Waals surface area contributed by atoms with Crippen LogP contribution in [-0.2, 0) is 0 Å². The lowest BCUT2D eigenvalue weighted by Gasteiger charge is -2.29. The van der Waals surface area contributed by atoms with E-state index in [9.17, 15) is 30.6 Å². The van der Waals surface area contributed by atoms with Gasteiger partial charge in [0.2, 0.25) is 0 Å². The summed E-state index contributed by atoms with van der Waals surface area (Å²) in [5.74, 6) is -1.53. The highest BCUT2D eigenvalue weighted by atomic mass is 127. The summed E-state index contributed by atoms with van der Waals surface area (Å²) in [6.45, 7) is -1.86. The largest absolute Gasteiger partial charge is 0.397 e. The zero-order valence-corrected chi connectivity index (χ0v) is 19.0. The molecule has 0 aromatic heterocycles. The Bertz CT molecular complexity index is 529. The van der Waals surface area contributed by atoms with Gasteiger partial charge in [0, 0.05) is 22.5 Å². The van der Waals surface area contributed by atoms with Crippen LogP contribution in [0.15, 0.2) is 0 Å². The molecule has 1 rings (SSSR count). The third kappa shape index (κ3) is 4.62. The molecule has 0 heterocycles. The molecule has 0 fully saturated rings. The second-order valence-corrected chi connectivity index (χ2v) is 8.50. The van der Waals surface area contributed by atoms with Crippen LogP contribution >= 0.6 is 67.8 Å². The zero-order chi connectivity index (χ0) is 18.6. The molecule has 4 unspecified atom stereocenters. The number of hydrogen-bond acceptors (Lipinski definition) is 7. The Morgan fingerprint density at radius 2 is 1.00 bits per heavy atom. The minimum absolute atomic E-state index is 0.397. The van der Waals surface area contributed by atoms with Crippen LogP contribution in [0.1, 0.15) is 23.0 Å². The van der Waals surface area contributed by atoms with E-state index in [-0.39, 0.29) is 0 Å². The number of aliphatic hydroxyl groups excluding tert-OH is 6. The van der Waals surface area contributed by atoms with E-state index in [2.05, 4.69) is 0 Å². The van der Waals surface area contributed by atoms with Crippen LogP contribution in [0.4, 0.5) is 5.69 Å². The highest BCUT2D eigenvalue weighted by Gasteiger charge is 2.32. The Balaban J connectivity index is 3.69. The lowest BCUT2D eigenvalue weighted by molar-refractivity contribution is 0.0499. The van der Waals surface area contributed by atoms with Crippen molar-refractivity contribution in [3.05, 3.63) is 21.8 Å². The van der Waals surface area contributed by atoms with E-state index in [1.54, 1.807) is 0 Å². The van der Waals surface area contributed by atoms with Crippen LogP contribution in [0.3, 0.4) is 0 Å². The lowest BCUT2D eigenvalue weighted by Crippen LogP contribution is -2.31. The molecule has 7 nitrogen and oxygen atoms in total. The number of halogens is 3. The van der Waals surface area contributed by atoms with Gasteiger partial charge >= 0.3 is 0 Å². The first-order chi connectivity index (χ1) is 11.3. The Kier molecular flexibility index (Phi) is 9.92. The number of benzene rings is 1. The molecule has 1 aromatic rings. The summed E-state index contributed by atoms with van der Waals surface area (Å²) >= 11 is 6.03. The molecule has 0 bridgehead atoms. The third-order valence-corrected chi connectivity index (χ3v) is 7.34. The molecule has 0 spiro atoms. The van der Waals surface area contributed by atoms with Crippen molar-refractivity contribution in [2.45, 2.75) is 24.0 Å². The maximum absolute atomic E-state index is 10.0. The van der Waals surface area contributed by atoms with Gasteiger partial charge in [-0.1, -0.05) is 0 Å². The van der Waals surface area contributed by atoms with Gasteiger partial charge in [0.05, 0.1) is 44.3 Å². The number of rotatable bonds is 8. The number of aliphatic hydroxyl groups is 6. The number of anilines is 1. The molecule has 0 aliphatic heterocycles. The molecule has 0 aliphatic carbocycles. The average Bonchev–Trinajstić information content (AvgIpc) is 2.59. The quantitative estimate of drug-likeness (QED) is 0.151. The highest BCUT2D eigenvalue weighted by Crippen LogP contribution is 2.41. The third-order valence-electron chi connectivity index (χ3n) is 3.86. The SMILES string of the molecule is Nc1c(I)c(C(CO)C(O)CO)c(I)c(C(CO)C(O)CO)c1I. The summed E-state index contributed by atoms with van der Waals surface area (Å²) in [5.41, 5.74) is 7.65. The molecule has 0 amide bonds. The van der Waals surface area contributed by atoms with E-state index in [4.69, 9.17) is 5.73 Å². The van der Waals surface area contributed by atoms with Gasteiger partial charge in [-0.3, -0.25) is 0 Å². The lowest BCUT2D eigenvalue weighted by atomic mass is 9.87. The van der Waals surface area contributed by atoms with Gasteiger partial charge in [-0.2, -0.15) is 0 Å². The first-order valence-corrected chi connectivity index (χ1v) is 10.3. The molecule has 138 valence electrons. The average molecular weight is 679 g/mol. The van der Waals surface area contributed by atoms with Crippen molar-refractivity contribution in [3.63, 3.8) is 0 Å². The van der Waals surface area contributed by atoms with E-state index in [0.717, 1.165) is 0 Å². The van der Waals surface area contributed by atoms with Crippen LogP contribution < -0.4 is 5.73 Å². The molecular weight excluding hydrogens is 659 g/mol. The van der Waals surface area contributed by atoms with E-state index in [0.29, 0.717) is 27.5 Å². The van der Waals surface area contributed by atoms with E-state index in [1.807, 2.05) is 67.8 Å². The molecule has 0 saturated heterocycles. The van der Waals surface area contributed by atoms with Crippen LogP contribution in [0.25, 0.3) is 0 Å². The number of hydrogen-bond donors (Lipinski definition) is 7. The smallest absolute Gasteiger partial charge is 0.0862 e. The summed E-state index contributed by atoms with van der Waals surface area (Å²) < 4.78 is 1.88. The Hall–Kier alpha value is 0.970. The van der Waals surface area contributed by atoms with Gasteiger partial charge in [-0.15, -0.1) is 0 Å². The summed E-state index contributed by atoms with van der Waals surface area (Å²) in [4.78, 5) is 0. The van der Waals surface area contributed by atoms with Gasteiger partial charge in [-0.05, 0) is 78.9 Å². The van der Waals surface area contributed by atoms with E-state index in [1.165, 1.54) is 0 Å². The second-order valence-electron chi connectivity index (χ2n) is 5.26. The summed E-state index contributed by atoms with van der Waals surface area (Å²) in [5, 5.41) is 57.9. The predicted molar refractivity (Wildman–Crippen MR) is 115 cm³/mol. The molecule has 8 N–H and O–H groups in total. The normalized spacial score (nSPS) is 16.7. The van der Waals surface area contributed by atoms with Crippen LogP contribution in [0.5, 0.6) is 0 Å². The first-order valence-electron chi connectivity index (χ1n) is 7.01. The molecule has 1 aromatic carbocycles. The molecule has 0 radical (unpaired) electrons. The second kappa shape index (κ2) is 10.3. The van der Waals surface area contributed by atoms with Crippen molar-refractivity contribution < 1.29 is 30.6 Å². The van der Waals surface area contributed by atoms with Gasteiger partial charge in [0.15, 0.2) is 0 Å². The van der Waals surface area contributed by atoms with E-state index < -0.39 is 50.5 Å². The summed E-state index contributed by atoms with van der Waals surface area (Å²) in [7, 11) is 0. The Labute approximate surface area is 180 Å². The summed E-state index contributed by atoms with van der Waals surface area (Å²) in [6, 6.07) is 0. The van der Waals surface area contributed by atoms with Crippen LogP contribution in [-0.4, -0.2) is 69.3 Å². The monoisotopic (exact) mass is 679 g/mol. The standard InChI is InChI=1S/C14H20I3NO6/c15-11-9(5(1-19)7(23)3-21)12(16)14(18)13(17)10(11)6(2-20)8(24)4-22/h5-8,19-24H,1-4,18H2. The van der Waals surface area contributed by atoms with Crippen LogP contribution in [0.2, 0.25) is 0 Å². The van der Waals surface area contributed by atoms with Gasteiger partial charge < -0.3 is 36.4 Å². The highest BCUT2D eigenvalue weighted by molar-refractivity contribution is 14.1. The van der Waals surface area contributed by atoms with Crippen molar-refractivity contribution in [2.24, 2.45) is 0 Å². The number of nitrogens with two attached hydrogens (primary N) is 1. The first kappa shape index (κ1) is 23.0. The van der Waals surface area contributed by atoms with Crippen molar-refractivity contribution in [1.82, 2.24) is 0 Å². The zero-order valence-electron chi connectivity index (χ0n) is 12.5. The molecule has 0 aliphatic rings.